The zero-order valence-electron chi connectivity index (χ0n) is 10.6. The molecule has 1 heterocycles. The van der Waals surface area contributed by atoms with Crippen molar-refractivity contribution in [3.63, 3.8) is 0 Å². The highest BCUT2D eigenvalue weighted by molar-refractivity contribution is 5.46. The first-order chi connectivity index (χ1) is 8.85. The molecular weight excluding hydrogens is 230 g/mol. The van der Waals surface area contributed by atoms with Gasteiger partial charge in [0.2, 0.25) is 6.79 Å². The SMILES string of the molecule is CCC(CNC1CC1)Oc1ccc2c(c1)OCO2. The first kappa shape index (κ1) is 11.7. The van der Waals surface area contributed by atoms with Crippen LogP contribution in [0.4, 0.5) is 0 Å². The van der Waals surface area contributed by atoms with Gasteiger partial charge in [0, 0.05) is 18.7 Å². The summed E-state index contributed by atoms with van der Waals surface area (Å²) in [6.45, 7) is 3.36. The fourth-order valence-corrected chi connectivity index (χ4v) is 2.00. The van der Waals surface area contributed by atoms with Crippen LogP contribution in [0.15, 0.2) is 18.2 Å². The highest BCUT2D eigenvalue weighted by Gasteiger charge is 2.22. The van der Waals surface area contributed by atoms with Gasteiger partial charge in [-0.1, -0.05) is 6.92 Å². The van der Waals surface area contributed by atoms with Crippen molar-refractivity contribution in [3.8, 4) is 17.2 Å². The molecule has 1 N–H and O–H groups in total. The van der Waals surface area contributed by atoms with E-state index in [4.69, 9.17) is 14.2 Å². The Labute approximate surface area is 107 Å². The Morgan fingerprint density at radius 1 is 1.33 bits per heavy atom. The van der Waals surface area contributed by atoms with E-state index in [9.17, 15) is 0 Å². The molecule has 1 aromatic carbocycles. The van der Waals surface area contributed by atoms with Crippen molar-refractivity contribution < 1.29 is 14.2 Å². The summed E-state index contributed by atoms with van der Waals surface area (Å²) in [5.41, 5.74) is 0. The zero-order chi connectivity index (χ0) is 12.4. The van der Waals surface area contributed by atoms with Gasteiger partial charge in [0.05, 0.1) is 0 Å². The fourth-order valence-electron chi connectivity index (χ4n) is 2.00. The number of nitrogens with one attached hydrogen (secondary N) is 1. The van der Waals surface area contributed by atoms with Gasteiger partial charge >= 0.3 is 0 Å². The van der Waals surface area contributed by atoms with E-state index in [1.165, 1.54) is 12.8 Å². The minimum Gasteiger partial charge on any atom is -0.489 e. The third kappa shape index (κ3) is 2.70. The van der Waals surface area contributed by atoms with Gasteiger partial charge in [0.1, 0.15) is 11.9 Å². The molecular formula is C14H19NO3. The Balaban J connectivity index is 1.59. The molecule has 1 saturated carbocycles. The molecule has 1 fully saturated rings. The van der Waals surface area contributed by atoms with Crippen LogP contribution in [-0.4, -0.2) is 25.5 Å². The summed E-state index contributed by atoms with van der Waals surface area (Å²) in [6, 6.07) is 6.47. The summed E-state index contributed by atoms with van der Waals surface area (Å²) in [5.74, 6) is 2.42. The van der Waals surface area contributed by atoms with Gasteiger partial charge in [0.25, 0.3) is 0 Å². The van der Waals surface area contributed by atoms with E-state index in [2.05, 4.69) is 12.2 Å². The minimum absolute atomic E-state index is 0.214. The van der Waals surface area contributed by atoms with Gasteiger partial charge in [-0.25, -0.2) is 0 Å². The molecule has 1 atom stereocenters. The van der Waals surface area contributed by atoms with Crippen LogP contribution in [0.5, 0.6) is 17.2 Å². The third-order valence-corrected chi connectivity index (χ3v) is 3.31. The molecule has 98 valence electrons. The lowest BCUT2D eigenvalue weighted by atomic mass is 10.2. The Hall–Kier alpha value is -1.42. The van der Waals surface area contributed by atoms with Crippen LogP contribution in [-0.2, 0) is 0 Å². The van der Waals surface area contributed by atoms with E-state index in [1.807, 2.05) is 18.2 Å². The molecule has 1 aromatic rings. The van der Waals surface area contributed by atoms with Crippen molar-refractivity contribution in [3.05, 3.63) is 18.2 Å². The van der Waals surface area contributed by atoms with Crippen LogP contribution < -0.4 is 19.5 Å². The number of ether oxygens (including phenoxy) is 3. The molecule has 1 aliphatic carbocycles. The standard InChI is InChI=1S/C14H19NO3/c1-2-11(8-15-10-3-4-10)18-12-5-6-13-14(7-12)17-9-16-13/h5-7,10-11,15H,2-4,8-9H2,1H3. The second-order valence-electron chi connectivity index (χ2n) is 4.85. The highest BCUT2D eigenvalue weighted by atomic mass is 16.7. The lowest BCUT2D eigenvalue weighted by Crippen LogP contribution is -2.32. The Morgan fingerprint density at radius 3 is 2.94 bits per heavy atom. The highest BCUT2D eigenvalue weighted by Crippen LogP contribution is 2.35. The normalized spacial score (nSPS) is 18.7. The van der Waals surface area contributed by atoms with E-state index in [1.54, 1.807) is 0 Å². The van der Waals surface area contributed by atoms with Gasteiger partial charge in [-0.05, 0) is 31.4 Å². The quantitative estimate of drug-likeness (QED) is 0.840. The van der Waals surface area contributed by atoms with Crippen LogP contribution in [0, 0.1) is 0 Å². The molecule has 1 unspecified atom stereocenters. The van der Waals surface area contributed by atoms with Gasteiger partial charge in [0.15, 0.2) is 11.5 Å². The molecule has 18 heavy (non-hydrogen) atoms. The van der Waals surface area contributed by atoms with E-state index in [0.717, 1.165) is 36.3 Å². The lowest BCUT2D eigenvalue weighted by Gasteiger charge is -2.18. The summed E-state index contributed by atoms with van der Waals surface area (Å²) in [5, 5.41) is 3.50. The number of hydrogen-bond acceptors (Lipinski definition) is 4. The summed E-state index contributed by atoms with van der Waals surface area (Å²) >= 11 is 0. The summed E-state index contributed by atoms with van der Waals surface area (Å²) in [6.07, 6.45) is 3.82. The lowest BCUT2D eigenvalue weighted by molar-refractivity contribution is 0.173. The fraction of sp³-hybridized carbons (Fsp3) is 0.571. The largest absolute Gasteiger partial charge is 0.489 e. The van der Waals surface area contributed by atoms with Crippen molar-refractivity contribution >= 4 is 0 Å². The van der Waals surface area contributed by atoms with Gasteiger partial charge < -0.3 is 19.5 Å². The third-order valence-electron chi connectivity index (χ3n) is 3.31. The predicted molar refractivity (Wildman–Crippen MR) is 68.3 cm³/mol. The van der Waals surface area contributed by atoms with Gasteiger partial charge in [-0.2, -0.15) is 0 Å². The predicted octanol–water partition coefficient (Wildman–Crippen LogP) is 2.32. The molecule has 2 aliphatic rings. The maximum absolute atomic E-state index is 5.97. The first-order valence-electron chi connectivity index (χ1n) is 6.65. The molecule has 1 aliphatic heterocycles. The molecule has 0 aromatic heterocycles. The zero-order valence-corrected chi connectivity index (χ0v) is 10.6. The maximum atomic E-state index is 5.97. The van der Waals surface area contributed by atoms with Crippen molar-refractivity contribution in [2.24, 2.45) is 0 Å². The maximum Gasteiger partial charge on any atom is 0.231 e. The Morgan fingerprint density at radius 2 is 2.17 bits per heavy atom. The molecule has 0 spiro atoms. The summed E-state index contributed by atoms with van der Waals surface area (Å²) in [4.78, 5) is 0. The van der Waals surface area contributed by atoms with Crippen molar-refractivity contribution in [1.82, 2.24) is 5.32 Å². The average molecular weight is 249 g/mol. The molecule has 0 radical (unpaired) electrons. The van der Waals surface area contributed by atoms with Crippen LogP contribution in [0.1, 0.15) is 26.2 Å². The van der Waals surface area contributed by atoms with Crippen LogP contribution >= 0.6 is 0 Å². The van der Waals surface area contributed by atoms with E-state index >= 15 is 0 Å². The van der Waals surface area contributed by atoms with Gasteiger partial charge in [-0.15, -0.1) is 0 Å². The van der Waals surface area contributed by atoms with E-state index < -0.39 is 0 Å². The van der Waals surface area contributed by atoms with Crippen LogP contribution in [0.3, 0.4) is 0 Å². The molecule has 4 heteroatoms. The molecule has 3 rings (SSSR count). The van der Waals surface area contributed by atoms with Crippen molar-refractivity contribution in [2.45, 2.75) is 38.3 Å². The van der Waals surface area contributed by atoms with Crippen LogP contribution in [0.25, 0.3) is 0 Å². The van der Waals surface area contributed by atoms with Gasteiger partial charge in [-0.3, -0.25) is 0 Å². The number of benzene rings is 1. The van der Waals surface area contributed by atoms with E-state index in [0.29, 0.717) is 6.79 Å². The Kier molecular flexibility index (Phi) is 3.28. The molecule has 4 nitrogen and oxygen atoms in total. The monoisotopic (exact) mass is 249 g/mol. The smallest absolute Gasteiger partial charge is 0.231 e. The second kappa shape index (κ2) is 5.06. The molecule has 0 bridgehead atoms. The average Bonchev–Trinajstić information content (AvgIpc) is 3.10. The van der Waals surface area contributed by atoms with E-state index in [-0.39, 0.29) is 6.10 Å². The second-order valence-corrected chi connectivity index (χ2v) is 4.85. The number of hydrogen-bond donors (Lipinski definition) is 1. The van der Waals surface area contributed by atoms with Crippen molar-refractivity contribution in [2.75, 3.05) is 13.3 Å². The minimum atomic E-state index is 0.214. The summed E-state index contributed by atoms with van der Waals surface area (Å²) < 4.78 is 16.6. The molecule has 0 amide bonds. The topological polar surface area (TPSA) is 39.7 Å². The molecule has 0 saturated heterocycles. The van der Waals surface area contributed by atoms with Crippen molar-refractivity contribution in [1.29, 1.82) is 0 Å². The first-order valence-corrected chi connectivity index (χ1v) is 6.65. The number of rotatable bonds is 6. The Bertz CT molecular complexity index is 418. The number of fused-ring (bicyclic) bond motifs is 1. The van der Waals surface area contributed by atoms with Crippen LogP contribution in [0.2, 0.25) is 0 Å². The summed E-state index contributed by atoms with van der Waals surface area (Å²) in [7, 11) is 0.